The number of aromatic nitrogens is 7. The molecule has 0 amide bonds. The van der Waals surface area contributed by atoms with E-state index in [-0.39, 0.29) is 0 Å². The molecule has 0 unspecified atom stereocenters. The van der Waals surface area contributed by atoms with Crippen molar-refractivity contribution in [1.82, 2.24) is 40.0 Å². The molecule has 6 aromatic heterocycles. The Kier molecular flexibility index (Phi) is 5.59. The molecule has 2 N–H and O–H groups in total. The van der Waals surface area contributed by atoms with Crippen molar-refractivity contribution in [2.45, 2.75) is 0 Å². The van der Waals surface area contributed by atoms with Crippen LogP contribution >= 0.6 is 0 Å². The van der Waals surface area contributed by atoms with Crippen molar-refractivity contribution in [2.24, 2.45) is 0 Å². The van der Waals surface area contributed by atoms with Crippen LogP contribution in [0.4, 0.5) is 0 Å². The maximum atomic E-state index is 5.87. The molecule has 0 aliphatic rings. The molecular weight excluding hydrogens is 452 g/mol. The Balaban J connectivity index is 1.38. The third-order valence-corrected chi connectivity index (χ3v) is 6.05. The maximum absolute atomic E-state index is 5.87. The topological polar surface area (TPSA) is 108 Å². The van der Waals surface area contributed by atoms with Gasteiger partial charge in [0.25, 0.3) is 0 Å². The van der Waals surface area contributed by atoms with Gasteiger partial charge in [-0.15, -0.1) is 0 Å². The molecule has 0 radical (unpaired) electrons. The minimum atomic E-state index is 0.595. The third-order valence-electron chi connectivity index (χ3n) is 6.05. The summed E-state index contributed by atoms with van der Waals surface area (Å²) in [5.41, 5.74) is 7.24. The molecule has 9 heteroatoms. The molecule has 6 heterocycles. The number of rotatable bonds is 7. The Morgan fingerprint density at radius 1 is 0.861 bits per heavy atom. The number of nitrogens with one attached hydrogen (secondary N) is 2. The monoisotopic (exact) mass is 476 g/mol. The lowest BCUT2D eigenvalue weighted by Crippen LogP contribution is -2.19. The number of nitrogens with zero attached hydrogens (tertiary/aromatic N) is 6. The smallest absolute Gasteiger partial charge is 0.181 e. The molecule has 0 aromatic carbocycles. The molecule has 36 heavy (non-hydrogen) atoms. The Morgan fingerprint density at radius 3 is 2.58 bits per heavy atom. The molecule has 6 aromatic rings. The molecular formula is C27H24N8O. The summed E-state index contributed by atoms with van der Waals surface area (Å²) in [5, 5.41) is 9.56. The van der Waals surface area contributed by atoms with E-state index in [1.54, 1.807) is 12.4 Å². The number of likely N-dealkylation sites (N-methyl/N-ethyl adjacent to an activating group) is 1. The third kappa shape index (κ3) is 4.16. The molecule has 0 saturated heterocycles. The fraction of sp³-hybridized carbons (Fsp3) is 0.148. The van der Waals surface area contributed by atoms with Gasteiger partial charge in [-0.2, -0.15) is 5.10 Å². The lowest BCUT2D eigenvalue weighted by molar-refractivity contribution is 0.261. The Bertz CT molecular complexity index is 1660. The first-order valence-corrected chi connectivity index (χ1v) is 11.6. The van der Waals surface area contributed by atoms with Crippen molar-refractivity contribution in [3.05, 3.63) is 73.7 Å². The van der Waals surface area contributed by atoms with Gasteiger partial charge in [-0.25, -0.2) is 4.98 Å². The van der Waals surface area contributed by atoms with Crippen LogP contribution in [0, 0.1) is 0 Å². The van der Waals surface area contributed by atoms with E-state index in [2.05, 4.69) is 52.1 Å². The molecule has 9 nitrogen and oxygen atoms in total. The minimum Gasteiger partial charge on any atom is -0.491 e. The molecule has 0 saturated carbocycles. The Morgan fingerprint density at radius 2 is 1.72 bits per heavy atom. The van der Waals surface area contributed by atoms with Crippen LogP contribution in [0.5, 0.6) is 5.75 Å². The average molecular weight is 477 g/mol. The second-order valence-electron chi connectivity index (χ2n) is 8.83. The fourth-order valence-corrected chi connectivity index (χ4v) is 4.20. The van der Waals surface area contributed by atoms with Gasteiger partial charge in [-0.05, 0) is 38.4 Å². The summed E-state index contributed by atoms with van der Waals surface area (Å²) in [5.74, 6) is 0.730. The van der Waals surface area contributed by atoms with Crippen molar-refractivity contribution in [1.29, 1.82) is 0 Å². The van der Waals surface area contributed by atoms with E-state index in [1.807, 2.05) is 63.3 Å². The molecule has 0 atom stereocenters. The predicted octanol–water partition coefficient (Wildman–Crippen LogP) is 4.57. The van der Waals surface area contributed by atoms with Crippen LogP contribution in [-0.4, -0.2) is 67.3 Å². The number of fused-ring (bicyclic) bond motifs is 2. The zero-order valence-corrected chi connectivity index (χ0v) is 19.9. The van der Waals surface area contributed by atoms with Crippen molar-refractivity contribution < 1.29 is 4.74 Å². The summed E-state index contributed by atoms with van der Waals surface area (Å²) in [7, 11) is 4.04. The molecule has 0 bridgehead atoms. The van der Waals surface area contributed by atoms with Crippen molar-refractivity contribution in [3.8, 4) is 39.4 Å². The van der Waals surface area contributed by atoms with Gasteiger partial charge in [0.1, 0.15) is 12.4 Å². The zero-order chi connectivity index (χ0) is 24.5. The molecule has 0 fully saturated rings. The number of hydrogen-bond donors (Lipinski definition) is 2. The second-order valence-corrected chi connectivity index (χ2v) is 8.83. The average Bonchev–Trinajstić information content (AvgIpc) is 3.53. The second kappa shape index (κ2) is 9.20. The fourth-order valence-electron chi connectivity index (χ4n) is 4.20. The van der Waals surface area contributed by atoms with Crippen LogP contribution < -0.4 is 4.74 Å². The highest BCUT2D eigenvalue weighted by Gasteiger charge is 2.15. The van der Waals surface area contributed by atoms with Gasteiger partial charge in [-0.1, -0.05) is 6.07 Å². The standard InChI is InChI=1S/C27H24N8O/c1-35(2)6-7-36-20-8-18(12-29-14-20)19-9-22-26(33-34-27(22)31-13-19)24-10-21-23(15-30-16-25(21)32-24)17-4-3-5-28-11-17/h3-5,8-16,32H,6-7H2,1-2H3,(H,31,33,34). The molecule has 6 rings (SSSR count). The highest BCUT2D eigenvalue weighted by Crippen LogP contribution is 2.34. The summed E-state index contributed by atoms with van der Waals surface area (Å²) in [6, 6.07) is 10.1. The van der Waals surface area contributed by atoms with Crippen LogP contribution in [0.25, 0.3) is 55.6 Å². The first kappa shape index (κ1) is 21.9. The molecule has 178 valence electrons. The van der Waals surface area contributed by atoms with Crippen LogP contribution in [-0.2, 0) is 0 Å². The summed E-state index contributed by atoms with van der Waals surface area (Å²) in [4.78, 5) is 23.2. The maximum Gasteiger partial charge on any atom is 0.181 e. The summed E-state index contributed by atoms with van der Waals surface area (Å²) < 4.78 is 5.87. The highest BCUT2D eigenvalue weighted by atomic mass is 16.5. The highest BCUT2D eigenvalue weighted by molar-refractivity contribution is 6.00. The number of aromatic amines is 2. The van der Waals surface area contributed by atoms with Crippen molar-refractivity contribution in [2.75, 3.05) is 27.2 Å². The summed E-state index contributed by atoms with van der Waals surface area (Å²) >= 11 is 0. The number of ether oxygens (including phenoxy) is 1. The Hall–Kier alpha value is -4.63. The van der Waals surface area contributed by atoms with E-state index in [9.17, 15) is 0 Å². The largest absolute Gasteiger partial charge is 0.491 e. The van der Waals surface area contributed by atoms with Gasteiger partial charge in [0.15, 0.2) is 5.65 Å². The summed E-state index contributed by atoms with van der Waals surface area (Å²) in [6.45, 7) is 1.43. The zero-order valence-electron chi connectivity index (χ0n) is 19.9. The number of hydrogen-bond acceptors (Lipinski definition) is 7. The van der Waals surface area contributed by atoms with Crippen LogP contribution in [0.1, 0.15) is 0 Å². The SMILES string of the molecule is CN(C)CCOc1cncc(-c2cnc3n[nH]c(-c4cc5c(-c6cccnc6)cncc5[nH]4)c3c2)c1. The number of H-pyrrole nitrogens is 2. The van der Waals surface area contributed by atoms with Crippen molar-refractivity contribution >= 4 is 21.9 Å². The van der Waals surface area contributed by atoms with E-state index in [4.69, 9.17) is 4.74 Å². The normalized spacial score (nSPS) is 11.5. The summed E-state index contributed by atoms with van der Waals surface area (Å²) in [6.07, 6.45) is 12.7. The van der Waals surface area contributed by atoms with E-state index in [0.29, 0.717) is 12.3 Å². The quantitative estimate of drug-likeness (QED) is 0.348. The molecule has 0 spiro atoms. The minimum absolute atomic E-state index is 0.595. The lowest BCUT2D eigenvalue weighted by Gasteiger charge is -2.11. The van der Waals surface area contributed by atoms with Crippen LogP contribution in [0.15, 0.2) is 73.7 Å². The van der Waals surface area contributed by atoms with E-state index >= 15 is 0 Å². The van der Waals surface area contributed by atoms with Gasteiger partial charge in [0.2, 0.25) is 0 Å². The van der Waals surface area contributed by atoms with Gasteiger partial charge in [0.05, 0.1) is 29.3 Å². The van der Waals surface area contributed by atoms with Gasteiger partial charge in [0, 0.05) is 70.6 Å². The van der Waals surface area contributed by atoms with E-state index in [1.165, 1.54) is 0 Å². The number of pyridine rings is 4. The van der Waals surface area contributed by atoms with Gasteiger partial charge >= 0.3 is 0 Å². The predicted molar refractivity (Wildman–Crippen MR) is 139 cm³/mol. The molecule has 0 aliphatic carbocycles. The van der Waals surface area contributed by atoms with Crippen LogP contribution in [0.2, 0.25) is 0 Å². The van der Waals surface area contributed by atoms with E-state index < -0.39 is 0 Å². The molecule has 0 aliphatic heterocycles. The first-order valence-electron chi connectivity index (χ1n) is 11.6. The lowest BCUT2D eigenvalue weighted by atomic mass is 10.1. The Labute approximate surface area is 207 Å². The van der Waals surface area contributed by atoms with Gasteiger partial charge in [-0.3, -0.25) is 20.1 Å². The first-order chi connectivity index (χ1) is 17.7. The van der Waals surface area contributed by atoms with E-state index in [0.717, 1.165) is 62.2 Å². The van der Waals surface area contributed by atoms with Crippen LogP contribution in [0.3, 0.4) is 0 Å². The van der Waals surface area contributed by atoms with Crippen molar-refractivity contribution in [3.63, 3.8) is 0 Å². The van der Waals surface area contributed by atoms with Gasteiger partial charge < -0.3 is 14.6 Å².